The molecular weight excluding hydrogens is 430 g/mol. The first kappa shape index (κ1) is 22.0. The molecule has 1 N–H and O–H groups in total. The molecule has 0 bridgehead atoms. The summed E-state index contributed by atoms with van der Waals surface area (Å²) in [5.41, 5.74) is 5.26. The number of ether oxygens (including phenoxy) is 1. The van der Waals surface area contributed by atoms with E-state index in [0.717, 1.165) is 40.8 Å². The molecule has 0 spiro atoms. The van der Waals surface area contributed by atoms with Crippen LogP contribution in [0.15, 0.2) is 55.2 Å². The first-order valence-electron chi connectivity index (χ1n) is 11.4. The molecule has 34 heavy (non-hydrogen) atoms. The Morgan fingerprint density at radius 3 is 2.74 bits per heavy atom. The van der Waals surface area contributed by atoms with Gasteiger partial charge in [-0.2, -0.15) is 10.2 Å². The first-order chi connectivity index (χ1) is 16.6. The summed E-state index contributed by atoms with van der Waals surface area (Å²) in [6, 6.07) is 7.88. The number of nitrogens with zero attached hydrogens (tertiary/aromatic N) is 6. The molecule has 0 saturated carbocycles. The summed E-state index contributed by atoms with van der Waals surface area (Å²) in [6.07, 6.45) is 11.4. The average Bonchev–Trinajstić information content (AvgIpc) is 3.54. The smallest absolute Gasteiger partial charge is 0.270 e. The zero-order valence-electron chi connectivity index (χ0n) is 19.3. The first-order valence-corrected chi connectivity index (χ1v) is 11.4. The van der Waals surface area contributed by atoms with Crippen LogP contribution in [-0.4, -0.2) is 54.7 Å². The number of aryl methyl sites for hydroxylation is 1. The lowest BCUT2D eigenvalue weighted by atomic mass is 10.0. The molecule has 1 amide bonds. The summed E-state index contributed by atoms with van der Waals surface area (Å²) in [5.74, 6) is 0.478. The predicted molar refractivity (Wildman–Crippen MR) is 127 cm³/mol. The van der Waals surface area contributed by atoms with Gasteiger partial charge in [-0.05, 0) is 61.1 Å². The highest BCUT2D eigenvalue weighted by molar-refractivity contribution is 5.93. The standard InChI is InChI=1S/C25H27N7O2/c1-17-19(12-18-4-5-22(26-14-18)20-15-28-31(2)16-20)13-23(30-24(17)32-9-3-8-27-32)25(33)29-21-6-10-34-11-7-21/h3-5,8-9,13-16,21H,6-7,10-12H2,1-2H3,(H,29,33). The fourth-order valence-corrected chi connectivity index (χ4v) is 4.14. The van der Waals surface area contributed by atoms with Crippen LogP contribution < -0.4 is 5.32 Å². The van der Waals surface area contributed by atoms with Gasteiger partial charge in [0.05, 0.1) is 11.9 Å². The maximum absolute atomic E-state index is 13.1. The molecule has 5 heterocycles. The van der Waals surface area contributed by atoms with Crippen molar-refractivity contribution in [1.29, 1.82) is 0 Å². The number of pyridine rings is 2. The number of hydrogen-bond acceptors (Lipinski definition) is 6. The Bertz CT molecular complexity index is 1270. The molecule has 9 heteroatoms. The van der Waals surface area contributed by atoms with Gasteiger partial charge in [0.15, 0.2) is 5.82 Å². The Morgan fingerprint density at radius 2 is 2.06 bits per heavy atom. The second kappa shape index (κ2) is 9.56. The van der Waals surface area contributed by atoms with Crippen molar-refractivity contribution >= 4 is 5.91 Å². The molecule has 4 aromatic rings. The van der Waals surface area contributed by atoms with Gasteiger partial charge in [-0.25, -0.2) is 9.67 Å². The van der Waals surface area contributed by atoms with Crippen molar-refractivity contribution in [2.24, 2.45) is 7.05 Å². The molecule has 0 atom stereocenters. The van der Waals surface area contributed by atoms with E-state index in [1.165, 1.54) is 0 Å². The SMILES string of the molecule is Cc1c(Cc2ccc(-c3cnn(C)c3)nc2)cc(C(=O)NC2CCOCC2)nc1-n1cccn1. The highest BCUT2D eigenvalue weighted by Crippen LogP contribution is 2.22. The minimum atomic E-state index is -0.174. The second-order valence-electron chi connectivity index (χ2n) is 8.56. The van der Waals surface area contributed by atoms with Gasteiger partial charge in [-0.15, -0.1) is 0 Å². The highest BCUT2D eigenvalue weighted by Gasteiger charge is 2.20. The fraction of sp³-hybridized carbons (Fsp3) is 0.320. The van der Waals surface area contributed by atoms with Crippen LogP contribution in [0.4, 0.5) is 0 Å². The van der Waals surface area contributed by atoms with Crippen molar-refractivity contribution in [2.75, 3.05) is 13.2 Å². The van der Waals surface area contributed by atoms with Crippen molar-refractivity contribution in [3.63, 3.8) is 0 Å². The molecule has 0 radical (unpaired) electrons. The van der Waals surface area contributed by atoms with E-state index in [1.807, 2.05) is 50.8 Å². The summed E-state index contributed by atoms with van der Waals surface area (Å²) in [5, 5.41) is 11.7. The number of carbonyl (C=O) groups is 1. The number of aromatic nitrogens is 6. The maximum atomic E-state index is 13.1. The van der Waals surface area contributed by atoms with E-state index in [9.17, 15) is 4.79 Å². The van der Waals surface area contributed by atoms with Crippen LogP contribution in [0.5, 0.6) is 0 Å². The number of nitrogens with one attached hydrogen (secondary N) is 1. The van der Waals surface area contributed by atoms with Crippen molar-refractivity contribution in [2.45, 2.75) is 32.2 Å². The molecule has 1 aliphatic rings. The van der Waals surface area contributed by atoms with Crippen LogP contribution in [0, 0.1) is 6.92 Å². The average molecular weight is 458 g/mol. The van der Waals surface area contributed by atoms with Crippen molar-refractivity contribution in [3.8, 4) is 17.1 Å². The van der Waals surface area contributed by atoms with E-state index in [0.29, 0.717) is 31.1 Å². The number of amides is 1. The van der Waals surface area contributed by atoms with E-state index in [-0.39, 0.29) is 11.9 Å². The van der Waals surface area contributed by atoms with E-state index in [2.05, 4.69) is 31.5 Å². The van der Waals surface area contributed by atoms with E-state index >= 15 is 0 Å². The third-order valence-electron chi connectivity index (χ3n) is 6.08. The Labute approximate surface area is 197 Å². The van der Waals surface area contributed by atoms with Gasteiger partial charge < -0.3 is 10.1 Å². The van der Waals surface area contributed by atoms with E-state index in [4.69, 9.17) is 4.74 Å². The van der Waals surface area contributed by atoms with Crippen LogP contribution in [0.25, 0.3) is 17.1 Å². The Morgan fingerprint density at radius 1 is 1.21 bits per heavy atom. The molecule has 1 saturated heterocycles. The van der Waals surface area contributed by atoms with E-state index in [1.54, 1.807) is 21.8 Å². The van der Waals surface area contributed by atoms with Crippen molar-refractivity contribution < 1.29 is 9.53 Å². The fourth-order valence-electron chi connectivity index (χ4n) is 4.14. The van der Waals surface area contributed by atoms with Gasteiger partial charge in [0.2, 0.25) is 0 Å². The number of carbonyl (C=O) groups excluding carboxylic acids is 1. The van der Waals surface area contributed by atoms with Gasteiger partial charge in [-0.3, -0.25) is 14.5 Å². The lowest BCUT2D eigenvalue weighted by Crippen LogP contribution is -2.39. The molecule has 5 rings (SSSR count). The topological polar surface area (TPSA) is 99.8 Å². The summed E-state index contributed by atoms with van der Waals surface area (Å²) in [4.78, 5) is 22.4. The predicted octanol–water partition coefficient (Wildman–Crippen LogP) is 2.87. The van der Waals surface area contributed by atoms with Crippen LogP contribution in [-0.2, 0) is 18.2 Å². The van der Waals surface area contributed by atoms with Gasteiger partial charge in [0.1, 0.15) is 5.69 Å². The molecule has 174 valence electrons. The lowest BCUT2D eigenvalue weighted by molar-refractivity contribution is 0.0694. The zero-order chi connectivity index (χ0) is 23.5. The van der Waals surface area contributed by atoms with Gasteiger partial charge in [0.25, 0.3) is 5.91 Å². The van der Waals surface area contributed by atoms with Gasteiger partial charge in [-0.1, -0.05) is 6.07 Å². The molecular formula is C25H27N7O2. The van der Waals surface area contributed by atoms with Crippen LogP contribution >= 0.6 is 0 Å². The summed E-state index contributed by atoms with van der Waals surface area (Å²) >= 11 is 0. The number of hydrogen-bond donors (Lipinski definition) is 1. The largest absolute Gasteiger partial charge is 0.381 e. The highest BCUT2D eigenvalue weighted by atomic mass is 16.5. The summed E-state index contributed by atoms with van der Waals surface area (Å²) in [7, 11) is 1.89. The number of rotatable bonds is 6. The third-order valence-corrected chi connectivity index (χ3v) is 6.08. The second-order valence-corrected chi connectivity index (χ2v) is 8.56. The van der Waals surface area contributed by atoms with Crippen LogP contribution in [0.2, 0.25) is 0 Å². The lowest BCUT2D eigenvalue weighted by Gasteiger charge is -2.23. The molecule has 1 aliphatic heterocycles. The minimum Gasteiger partial charge on any atom is -0.381 e. The van der Waals surface area contributed by atoms with Gasteiger partial charge >= 0.3 is 0 Å². The molecule has 0 unspecified atom stereocenters. The Kier molecular flexibility index (Phi) is 6.18. The van der Waals surface area contributed by atoms with Gasteiger partial charge in [0, 0.05) is 56.7 Å². The monoisotopic (exact) mass is 457 g/mol. The quantitative estimate of drug-likeness (QED) is 0.478. The Hall–Kier alpha value is -3.85. The molecule has 0 aromatic carbocycles. The van der Waals surface area contributed by atoms with Crippen LogP contribution in [0.1, 0.15) is 40.0 Å². The van der Waals surface area contributed by atoms with Crippen molar-refractivity contribution in [3.05, 3.63) is 77.6 Å². The molecule has 0 aliphatic carbocycles. The molecule has 4 aromatic heterocycles. The summed E-state index contributed by atoms with van der Waals surface area (Å²) in [6.45, 7) is 3.34. The normalized spacial score (nSPS) is 14.3. The van der Waals surface area contributed by atoms with Crippen molar-refractivity contribution in [1.82, 2.24) is 34.8 Å². The molecule has 9 nitrogen and oxygen atoms in total. The summed E-state index contributed by atoms with van der Waals surface area (Å²) < 4.78 is 8.87. The molecule has 1 fully saturated rings. The third kappa shape index (κ3) is 4.74. The zero-order valence-corrected chi connectivity index (χ0v) is 19.3. The maximum Gasteiger partial charge on any atom is 0.270 e. The van der Waals surface area contributed by atoms with Crippen LogP contribution in [0.3, 0.4) is 0 Å². The minimum absolute atomic E-state index is 0.102. The Balaban J connectivity index is 1.44. The van der Waals surface area contributed by atoms with E-state index < -0.39 is 0 Å².